The lowest BCUT2D eigenvalue weighted by Crippen LogP contribution is -2.27. The largest absolute Gasteiger partial charge is 0.467 e. The average molecular weight is 353 g/mol. The first-order valence-corrected chi connectivity index (χ1v) is 8.45. The van der Waals surface area contributed by atoms with Gasteiger partial charge in [0.1, 0.15) is 17.2 Å². The monoisotopic (exact) mass is 353 g/mol. The van der Waals surface area contributed by atoms with E-state index in [4.69, 9.17) is 4.74 Å². The van der Waals surface area contributed by atoms with Crippen LogP contribution in [0.4, 0.5) is 11.6 Å². The smallest absolute Gasteiger partial charge is 0.318 e. The molecule has 1 amide bonds. The third-order valence-electron chi connectivity index (χ3n) is 4.50. The van der Waals surface area contributed by atoms with Gasteiger partial charge in [-0.3, -0.25) is 4.79 Å². The fourth-order valence-corrected chi connectivity index (χ4v) is 3.15. The molecule has 26 heavy (non-hydrogen) atoms. The lowest BCUT2D eigenvalue weighted by Gasteiger charge is -2.22. The number of nitrogens with zero attached hydrogens (tertiary/aromatic N) is 6. The topological polar surface area (TPSA) is 97.5 Å². The van der Waals surface area contributed by atoms with Crippen LogP contribution in [0.15, 0.2) is 30.7 Å². The van der Waals surface area contributed by atoms with E-state index in [-0.39, 0.29) is 11.9 Å². The fourth-order valence-electron chi connectivity index (χ4n) is 3.15. The van der Waals surface area contributed by atoms with E-state index in [1.165, 1.54) is 19.5 Å². The van der Waals surface area contributed by atoms with Crippen molar-refractivity contribution < 1.29 is 9.53 Å². The highest BCUT2D eigenvalue weighted by Gasteiger charge is 2.23. The molecule has 4 heterocycles. The van der Waals surface area contributed by atoms with Crippen molar-refractivity contribution in [3.05, 3.63) is 36.3 Å². The number of methoxy groups -OCH3 is 1. The summed E-state index contributed by atoms with van der Waals surface area (Å²) in [6, 6.07) is 4.15. The van der Waals surface area contributed by atoms with Crippen molar-refractivity contribution in [3.8, 4) is 6.01 Å². The molecule has 3 aromatic rings. The van der Waals surface area contributed by atoms with Gasteiger partial charge in [0.15, 0.2) is 5.65 Å². The molecule has 1 N–H and O–H groups in total. The summed E-state index contributed by atoms with van der Waals surface area (Å²) in [7, 11) is 1.47. The fraction of sp³-hybridized carbons (Fsp3) is 0.353. The maximum absolute atomic E-state index is 12.7. The van der Waals surface area contributed by atoms with Crippen molar-refractivity contribution in [1.82, 2.24) is 24.6 Å². The van der Waals surface area contributed by atoms with Crippen LogP contribution >= 0.6 is 0 Å². The average Bonchev–Trinajstić information content (AvgIpc) is 3.27. The number of hydrogen-bond donors (Lipinski definition) is 1. The van der Waals surface area contributed by atoms with E-state index in [1.54, 1.807) is 10.6 Å². The van der Waals surface area contributed by atoms with E-state index in [9.17, 15) is 4.79 Å². The number of rotatable bonds is 4. The van der Waals surface area contributed by atoms with E-state index in [0.29, 0.717) is 23.1 Å². The molecule has 0 aromatic carbocycles. The quantitative estimate of drug-likeness (QED) is 0.763. The Bertz CT molecular complexity index is 955. The minimum Gasteiger partial charge on any atom is -0.467 e. The number of nitrogens with one attached hydrogen (secondary N) is 1. The number of amides is 1. The van der Waals surface area contributed by atoms with Crippen LogP contribution in [0.3, 0.4) is 0 Å². The van der Waals surface area contributed by atoms with Crippen LogP contribution in [0, 0.1) is 0 Å². The summed E-state index contributed by atoms with van der Waals surface area (Å²) in [6.07, 6.45) is 7.15. The van der Waals surface area contributed by atoms with E-state index < -0.39 is 0 Å². The van der Waals surface area contributed by atoms with Gasteiger partial charge in [-0.15, -0.1) is 0 Å². The molecule has 1 unspecified atom stereocenters. The maximum Gasteiger partial charge on any atom is 0.318 e. The summed E-state index contributed by atoms with van der Waals surface area (Å²) in [5.74, 6) is 0.881. The first-order chi connectivity index (χ1) is 12.7. The Kier molecular flexibility index (Phi) is 4.11. The molecule has 0 saturated carbocycles. The molecule has 1 atom stereocenters. The molecule has 134 valence electrons. The minimum atomic E-state index is -0.333. The Morgan fingerprint density at radius 2 is 2.23 bits per heavy atom. The molecule has 9 nitrogen and oxygen atoms in total. The molecule has 0 spiro atoms. The summed E-state index contributed by atoms with van der Waals surface area (Å²) in [6.45, 7) is 3.16. The zero-order valence-corrected chi connectivity index (χ0v) is 14.6. The third-order valence-corrected chi connectivity index (χ3v) is 4.50. The summed E-state index contributed by atoms with van der Waals surface area (Å²) in [5, 5.41) is 6.95. The van der Waals surface area contributed by atoms with Crippen LogP contribution in [-0.4, -0.2) is 50.2 Å². The Labute approximate surface area is 150 Å². The van der Waals surface area contributed by atoms with Crippen molar-refractivity contribution in [2.45, 2.75) is 25.8 Å². The SMILES string of the molecule is COc1nccc(NC(=O)c2cnn3ccc(N4CCCC4C)nc23)n1. The number of fused-ring (bicyclic) bond motifs is 1. The van der Waals surface area contributed by atoms with Gasteiger partial charge in [-0.05, 0) is 31.9 Å². The number of ether oxygens (including phenoxy) is 1. The van der Waals surface area contributed by atoms with Crippen LogP contribution in [0.1, 0.15) is 30.1 Å². The second-order valence-electron chi connectivity index (χ2n) is 6.18. The van der Waals surface area contributed by atoms with E-state index in [2.05, 4.69) is 37.2 Å². The molecule has 1 saturated heterocycles. The van der Waals surface area contributed by atoms with Gasteiger partial charge in [-0.1, -0.05) is 0 Å². The van der Waals surface area contributed by atoms with Gasteiger partial charge >= 0.3 is 6.01 Å². The van der Waals surface area contributed by atoms with Gasteiger partial charge in [0, 0.05) is 25.0 Å². The number of hydrogen-bond acceptors (Lipinski definition) is 7. The van der Waals surface area contributed by atoms with Crippen LogP contribution in [0.5, 0.6) is 6.01 Å². The van der Waals surface area contributed by atoms with Crippen LogP contribution in [0.25, 0.3) is 5.65 Å². The van der Waals surface area contributed by atoms with Crippen molar-refractivity contribution in [2.75, 3.05) is 23.9 Å². The highest BCUT2D eigenvalue weighted by molar-refractivity contribution is 6.07. The van der Waals surface area contributed by atoms with E-state index in [0.717, 1.165) is 25.2 Å². The van der Waals surface area contributed by atoms with Crippen LogP contribution in [0.2, 0.25) is 0 Å². The zero-order chi connectivity index (χ0) is 18.1. The second-order valence-corrected chi connectivity index (χ2v) is 6.18. The Morgan fingerprint density at radius 1 is 1.35 bits per heavy atom. The van der Waals surface area contributed by atoms with Crippen molar-refractivity contribution >= 4 is 23.2 Å². The number of carbonyl (C=O) groups excluding carboxylic acids is 1. The molecule has 3 aromatic heterocycles. The molecule has 1 fully saturated rings. The zero-order valence-electron chi connectivity index (χ0n) is 14.6. The molecule has 0 radical (unpaired) electrons. The van der Waals surface area contributed by atoms with Crippen molar-refractivity contribution in [2.24, 2.45) is 0 Å². The highest BCUT2D eigenvalue weighted by atomic mass is 16.5. The predicted octanol–water partition coefficient (Wildman–Crippen LogP) is 1.77. The molecule has 0 aliphatic carbocycles. The number of anilines is 2. The van der Waals surface area contributed by atoms with Gasteiger partial charge in [0.25, 0.3) is 5.91 Å². The molecule has 0 bridgehead atoms. The van der Waals surface area contributed by atoms with E-state index in [1.807, 2.05) is 12.3 Å². The molecule has 1 aliphatic heterocycles. The van der Waals surface area contributed by atoms with Gasteiger partial charge in [-0.25, -0.2) is 14.5 Å². The van der Waals surface area contributed by atoms with Gasteiger partial charge in [0.2, 0.25) is 0 Å². The Balaban J connectivity index is 1.64. The second kappa shape index (κ2) is 6.58. The summed E-state index contributed by atoms with van der Waals surface area (Å²) in [5.41, 5.74) is 0.899. The molecular weight excluding hydrogens is 334 g/mol. The predicted molar refractivity (Wildman–Crippen MR) is 95.6 cm³/mol. The summed E-state index contributed by atoms with van der Waals surface area (Å²) < 4.78 is 6.57. The van der Waals surface area contributed by atoms with Crippen molar-refractivity contribution in [3.63, 3.8) is 0 Å². The van der Waals surface area contributed by atoms with Crippen molar-refractivity contribution in [1.29, 1.82) is 0 Å². The Hall–Kier alpha value is -3.23. The standard InChI is InChI=1S/C17H19N7O2/c1-11-4-3-8-23(11)14-6-9-24-15(22-14)12(10-19-24)16(25)20-13-5-7-18-17(21-13)26-2/h5-7,9-11H,3-4,8H2,1-2H3,(H,18,20,21,25). The summed E-state index contributed by atoms with van der Waals surface area (Å²) in [4.78, 5) is 27.6. The summed E-state index contributed by atoms with van der Waals surface area (Å²) >= 11 is 0. The first kappa shape index (κ1) is 16.2. The number of aromatic nitrogens is 5. The van der Waals surface area contributed by atoms with Crippen LogP contribution < -0.4 is 15.0 Å². The first-order valence-electron chi connectivity index (χ1n) is 8.45. The Morgan fingerprint density at radius 3 is 3.00 bits per heavy atom. The lowest BCUT2D eigenvalue weighted by molar-refractivity contribution is 0.102. The molecular formula is C17H19N7O2. The molecule has 4 rings (SSSR count). The van der Waals surface area contributed by atoms with Gasteiger partial charge in [0.05, 0.1) is 13.3 Å². The molecule has 9 heteroatoms. The number of carbonyl (C=O) groups is 1. The third kappa shape index (κ3) is 2.92. The highest BCUT2D eigenvalue weighted by Crippen LogP contribution is 2.24. The normalized spacial score (nSPS) is 16.8. The lowest BCUT2D eigenvalue weighted by atomic mass is 10.2. The van der Waals surface area contributed by atoms with Crippen LogP contribution in [-0.2, 0) is 0 Å². The maximum atomic E-state index is 12.7. The van der Waals surface area contributed by atoms with Gasteiger partial charge < -0.3 is 15.0 Å². The minimum absolute atomic E-state index is 0.186. The molecule has 1 aliphatic rings. The van der Waals surface area contributed by atoms with Gasteiger partial charge in [-0.2, -0.15) is 10.1 Å². The van der Waals surface area contributed by atoms with E-state index >= 15 is 0 Å².